The Bertz CT molecular complexity index is 763. The van der Waals surface area contributed by atoms with Crippen molar-refractivity contribution < 1.29 is 14.3 Å². The number of fused-ring (bicyclic) bond motifs is 1. The molecule has 1 heterocycles. The summed E-state index contributed by atoms with van der Waals surface area (Å²) >= 11 is 0. The van der Waals surface area contributed by atoms with Crippen LogP contribution in [0.5, 0.6) is 11.5 Å². The molecule has 110 valence electrons. The lowest BCUT2D eigenvalue weighted by atomic mass is 10.1. The first-order chi connectivity index (χ1) is 10.8. The summed E-state index contributed by atoms with van der Waals surface area (Å²) in [6, 6.07) is 13.2. The Hall–Kier alpha value is -3.00. The van der Waals surface area contributed by atoms with Gasteiger partial charge in [0.25, 0.3) is 0 Å². The molecule has 0 saturated heterocycles. The maximum Gasteiger partial charge on any atom is 0.231 e. The van der Waals surface area contributed by atoms with Crippen LogP contribution in [0.3, 0.4) is 0 Å². The highest BCUT2D eigenvalue weighted by molar-refractivity contribution is 5.82. The molecule has 0 bridgehead atoms. The SMILES string of the molecule is Cc1cc2c(cc1/C=N\OCc1ccccc1C#N)OCO2. The maximum atomic E-state index is 9.01. The van der Waals surface area contributed by atoms with Gasteiger partial charge in [-0.25, -0.2) is 0 Å². The molecule has 2 aromatic rings. The predicted molar refractivity (Wildman–Crippen MR) is 80.8 cm³/mol. The van der Waals surface area contributed by atoms with Gasteiger partial charge in [0.1, 0.15) is 6.61 Å². The lowest BCUT2D eigenvalue weighted by molar-refractivity contribution is 0.132. The van der Waals surface area contributed by atoms with E-state index in [4.69, 9.17) is 19.6 Å². The van der Waals surface area contributed by atoms with E-state index >= 15 is 0 Å². The van der Waals surface area contributed by atoms with Crippen molar-refractivity contribution in [1.29, 1.82) is 5.26 Å². The third-order valence-corrected chi connectivity index (χ3v) is 3.39. The van der Waals surface area contributed by atoms with Crippen LogP contribution in [0.2, 0.25) is 0 Å². The Morgan fingerprint density at radius 3 is 2.86 bits per heavy atom. The van der Waals surface area contributed by atoms with Crippen molar-refractivity contribution in [1.82, 2.24) is 0 Å². The third kappa shape index (κ3) is 2.86. The largest absolute Gasteiger partial charge is 0.454 e. The fraction of sp³-hybridized carbons (Fsp3) is 0.176. The summed E-state index contributed by atoms with van der Waals surface area (Å²) in [4.78, 5) is 5.29. The van der Waals surface area contributed by atoms with Crippen LogP contribution in [0, 0.1) is 18.3 Å². The molecule has 0 N–H and O–H groups in total. The maximum absolute atomic E-state index is 9.01. The number of ether oxygens (including phenoxy) is 2. The van der Waals surface area contributed by atoms with E-state index < -0.39 is 0 Å². The van der Waals surface area contributed by atoms with Gasteiger partial charge < -0.3 is 14.3 Å². The van der Waals surface area contributed by atoms with Crippen molar-refractivity contribution in [2.75, 3.05) is 6.79 Å². The topological polar surface area (TPSA) is 63.8 Å². The van der Waals surface area contributed by atoms with Gasteiger partial charge in [0.05, 0.1) is 17.8 Å². The Labute approximate surface area is 128 Å². The summed E-state index contributed by atoms with van der Waals surface area (Å²) in [7, 11) is 0. The summed E-state index contributed by atoms with van der Waals surface area (Å²) < 4.78 is 10.7. The van der Waals surface area contributed by atoms with Crippen LogP contribution in [0.4, 0.5) is 0 Å². The van der Waals surface area contributed by atoms with Crippen molar-refractivity contribution in [3.63, 3.8) is 0 Å². The molecule has 22 heavy (non-hydrogen) atoms. The third-order valence-electron chi connectivity index (χ3n) is 3.39. The van der Waals surface area contributed by atoms with Crippen molar-refractivity contribution in [2.24, 2.45) is 5.16 Å². The molecule has 0 spiro atoms. The molecule has 0 unspecified atom stereocenters. The molecule has 1 aliphatic rings. The van der Waals surface area contributed by atoms with Crippen molar-refractivity contribution in [3.05, 3.63) is 58.7 Å². The van der Waals surface area contributed by atoms with Gasteiger partial charge in [-0.05, 0) is 30.7 Å². The highest BCUT2D eigenvalue weighted by Crippen LogP contribution is 2.34. The zero-order valence-corrected chi connectivity index (χ0v) is 12.1. The number of benzene rings is 2. The molecule has 5 heteroatoms. The smallest absolute Gasteiger partial charge is 0.231 e. The van der Waals surface area contributed by atoms with Crippen molar-refractivity contribution in [2.45, 2.75) is 13.5 Å². The van der Waals surface area contributed by atoms with Crippen LogP contribution in [-0.4, -0.2) is 13.0 Å². The lowest BCUT2D eigenvalue weighted by Crippen LogP contribution is -1.93. The Morgan fingerprint density at radius 1 is 1.27 bits per heavy atom. The fourth-order valence-electron chi connectivity index (χ4n) is 2.15. The first-order valence-electron chi connectivity index (χ1n) is 6.81. The molecule has 1 aliphatic heterocycles. The Morgan fingerprint density at radius 2 is 2.05 bits per heavy atom. The van der Waals surface area contributed by atoms with Crippen LogP contribution < -0.4 is 9.47 Å². The molecule has 0 saturated carbocycles. The minimum Gasteiger partial charge on any atom is -0.454 e. The van der Waals surface area contributed by atoms with Crippen molar-refractivity contribution in [3.8, 4) is 17.6 Å². The van der Waals surface area contributed by atoms with Crippen LogP contribution in [-0.2, 0) is 11.4 Å². The van der Waals surface area contributed by atoms with E-state index in [1.807, 2.05) is 37.3 Å². The van der Waals surface area contributed by atoms with E-state index in [0.29, 0.717) is 11.3 Å². The second-order valence-electron chi connectivity index (χ2n) is 4.84. The first-order valence-corrected chi connectivity index (χ1v) is 6.81. The van der Waals surface area contributed by atoms with Crippen LogP contribution in [0.25, 0.3) is 0 Å². The van der Waals surface area contributed by atoms with E-state index in [-0.39, 0.29) is 13.4 Å². The molecule has 0 amide bonds. The molecule has 0 radical (unpaired) electrons. The molecule has 0 aliphatic carbocycles. The monoisotopic (exact) mass is 294 g/mol. The van der Waals surface area contributed by atoms with E-state index in [0.717, 1.165) is 22.4 Å². The van der Waals surface area contributed by atoms with Crippen LogP contribution in [0.15, 0.2) is 41.6 Å². The molecular weight excluding hydrogens is 280 g/mol. The minimum atomic E-state index is 0.247. The molecule has 0 aromatic heterocycles. The zero-order chi connectivity index (χ0) is 15.4. The quantitative estimate of drug-likeness (QED) is 0.642. The number of hydrogen-bond donors (Lipinski definition) is 0. The minimum absolute atomic E-state index is 0.247. The molecule has 0 fully saturated rings. The standard InChI is InChI=1S/C17H14N2O3/c1-12-6-16-17(21-11-20-16)7-15(12)9-19-22-10-14-5-3-2-4-13(14)8-18/h2-7,9H,10-11H2,1H3/b19-9-. The van der Waals surface area contributed by atoms with E-state index in [1.165, 1.54) is 0 Å². The zero-order valence-electron chi connectivity index (χ0n) is 12.1. The number of nitriles is 1. The highest BCUT2D eigenvalue weighted by atomic mass is 16.7. The average Bonchev–Trinajstić information content (AvgIpc) is 2.99. The van der Waals surface area contributed by atoms with Gasteiger partial charge >= 0.3 is 0 Å². The van der Waals surface area contributed by atoms with Crippen LogP contribution in [0.1, 0.15) is 22.3 Å². The number of hydrogen-bond acceptors (Lipinski definition) is 5. The average molecular weight is 294 g/mol. The van der Waals surface area contributed by atoms with Gasteiger partial charge in [-0.15, -0.1) is 0 Å². The lowest BCUT2D eigenvalue weighted by Gasteiger charge is -2.04. The highest BCUT2D eigenvalue weighted by Gasteiger charge is 2.14. The van der Waals surface area contributed by atoms with Gasteiger partial charge in [0.15, 0.2) is 11.5 Å². The van der Waals surface area contributed by atoms with Gasteiger partial charge in [-0.1, -0.05) is 23.4 Å². The van der Waals surface area contributed by atoms with E-state index in [1.54, 1.807) is 12.3 Å². The number of rotatable bonds is 4. The number of aryl methyl sites for hydroxylation is 1. The predicted octanol–water partition coefficient (Wildman–Crippen LogP) is 3.15. The van der Waals surface area contributed by atoms with Gasteiger partial charge in [0.2, 0.25) is 6.79 Å². The summed E-state index contributed by atoms with van der Waals surface area (Å²) in [5.41, 5.74) is 3.33. The van der Waals surface area contributed by atoms with E-state index in [9.17, 15) is 0 Å². The van der Waals surface area contributed by atoms with Crippen LogP contribution >= 0.6 is 0 Å². The number of nitrogens with zero attached hydrogens (tertiary/aromatic N) is 2. The Kier molecular flexibility index (Phi) is 3.92. The Balaban J connectivity index is 1.67. The van der Waals surface area contributed by atoms with Crippen molar-refractivity contribution >= 4 is 6.21 Å². The van der Waals surface area contributed by atoms with Gasteiger partial charge in [-0.2, -0.15) is 5.26 Å². The van der Waals surface area contributed by atoms with Gasteiger partial charge in [0, 0.05) is 11.1 Å². The summed E-state index contributed by atoms with van der Waals surface area (Å²) in [5, 5.41) is 13.0. The van der Waals surface area contributed by atoms with E-state index in [2.05, 4.69) is 11.2 Å². The second-order valence-corrected chi connectivity index (χ2v) is 4.84. The summed E-state index contributed by atoms with van der Waals surface area (Å²) in [6.07, 6.45) is 1.63. The molecule has 3 rings (SSSR count). The first kappa shape index (κ1) is 14.0. The fourth-order valence-corrected chi connectivity index (χ4v) is 2.15. The molecular formula is C17H14N2O3. The normalized spacial score (nSPS) is 12.4. The number of oxime groups is 1. The molecule has 0 atom stereocenters. The summed E-state index contributed by atoms with van der Waals surface area (Å²) in [5.74, 6) is 1.46. The summed E-state index contributed by atoms with van der Waals surface area (Å²) in [6.45, 7) is 2.47. The molecule has 5 nitrogen and oxygen atoms in total. The molecule has 2 aromatic carbocycles. The second kappa shape index (κ2) is 6.19. The van der Waals surface area contributed by atoms with Gasteiger partial charge in [-0.3, -0.25) is 0 Å².